The van der Waals surface area contributed by atoms with E-state index in [9.17, 15) is 9.18 Å². The number of carbonyl (C=O) groups excluding carboxylic acids is 1. The van der Waals surface area contributed by atoms with Gasteiger partial charge in [0.25, 0.3) is 5.91 Å². The molecule has 0 saturated carbocycles. The maximum Gasteiger partial charge on any atom is 0.254 e. The predicted octanol–water partition coefficient (Wildman–Crippen LogP) is 4.34. The van der Waals surface area contributed by atoms with Gasteiger partial charge in [0.05, 0.1) is 11.1 Å². The van der Waals surface area contributed by atoms with Crippen molar-refractivity contribution in [3.05, 3.63) is 77.2 Å². The average Bonchev–Trinajstić information content (AvgIpc) is 2.58. The molecule has 2 aromatic carbocycles. The quantitative estimate of drug-likeness (QED) is 0.715. The van der Waals surface area contributed by atoms with E-state index in [1.54, 1.807) is 11.0 Å². The Kier molecular flexibility index (Phi) is 4.56. The third-order valence-electron chi connectivity index (χ3n) is 4.01. The fraction of sp³-hybridized carbons (Fsp3) is 0.200. The topological polar surface area (TPSA) is 33.2 Å². The highest BCUT2D eigenvalue weighted by molar-refractivity contribution is 6.06. The number of amides is 1. The van der Waals surface area contributed by atoms with Gasteiger partial charge in [0.2, 0.25) is 0 Å². The number of hydrogen-bond donors (Lipinski definition) is 0. The Balaban J connectivity index is 1.97. The molecule has 0 aliphatic carbocycles. The van der Waals surface area contributed by atoms with E-state index < -0.39 is 0 Å². The summed E-state index contributed by atoms with van der Waals surface area (Å²) in [7, 11) is 0. The minimum atomic E-state index is -0.291. The number of hydrogen-bond acceptors (Lipinski definition) is 2. The Morgan fingerprint density at radius 1 is 1.12 bits per heavy atom. The van der Waals surface area contributed by atoms with E-state index in [1.807, 2.05) is 50.2 Å². The number of halogens is 1. The monoisotopic (exact) mass is 322 g/mol. The van der Waals surface area contributed by atoms with Crippen LogP contribution in [-0.2, 0) is 6.54 Å². The number of benzene rings is 2. The van der Waals surface area contributed by atoms with Crippen LogP contribution in [0.2, 0.25) is 0 Å². The zero-order valence-electron chi connectivity index (χ0n) is 13.8. The van der Waals surface area contributed by atoms with Crippen molar-refractivity contribution in [2.45, 2.75) is 20.4 Å². The van der Waals surface area contributed by atoms with Crippen molar-refractivity contribution >= 4 is 16.8 Å². The fourth-order valence-electron chi connectivity index (χ4n) is 2.84. The van der Waals surface area contributed by atoms with Crippen molar-refractivity contribution in [2.75, 3.05) is 6.54 Å². The standard InChI is InChI=1S/C20H19FN2O/c1-3-23(13-15-7-6-8-16(21)12-15)20(24)18-11-14(2)22-19-10-5-4-9-17(18)19/h4-12H,3,13H2,1-2H3. The summed E-state index contributed by atoms with van der Waals surface area (Å²) < 4.78 is 13.4. The van der Waals surface area contributed by atoms with E-state index in [2.05, 4.69) is 4.98 Å². The summed E-state index contributed by atoms with van der Waals surface area (Å²) in [5.74, 6) is -0.357. The molecule has 3 rings (SSSR count). The number of aromatic nitrogens is 1. The minimum Gasteiger partial charge on any atom is -0.335 e. The lowest BCUT2D eigenvalue weighted by Crippen LogP contribution is -2.30. The molecule has 0 saturated heterocycles. The van der Waals surface area contributed by atoms with Crippen molar-refractivity contribution in [1.29, 1.82) is 0 Å². The Morgan fingerprint density at radius 3 is 2.67 bits per heavy atom. The average molecular weight is 322 g/mol. The molecule has 0 N–H and O–H groups in total. The summed E-state index contributed by atoms with van der Waals surface area (Å²) in [6, 6.07) is 15.8. The predicted molar refractivity (Wildman–Crippen MR) is 93.3 cm³/mol. The summed E-state index contributed by atoms with van der Waals surface area (Å²) >= 11 is 0. The van der Waals surface area contributed by atoms with Gasteiger partial charge in [-0.2, -0.15) is 0 Å². The van der Waals surface area contributed by atoms with Crippen LogP contribution in [0.15, 0.2) is 54.6 Å². The molecule has 0 atom stereocenters. The molecule has 1 aromatic heterocycles. The van der Waals surface area contributed by atoms with Crippen molar-refractivity contribution < 1.29 is 9.18 Å². The number of aryl methyl sites for hydroxylation is 1. The molecule has 3 nitrogen and oxygen atoms in total. The van der Waals surface area contributed by atoms with Crippen LogP contribution in [0.1, 0.15) is 28.5 Å². The smallest absolute Gasteiger partial charge is 0.254 e. The van der Waals surface area contributed by atoms with Crippen LogP contribution in [0, 0.1) is 12.7 Å². The van der Waals surface area contributed by atoms with E-state index in [1.165, 1.54) is 12.1 Å². The first-order chi connectivity index (χ1) is 11.6. The molecule has 0 aliphatic heterocycles. The maximum absolute atomic E-state index is 13.4. The number of rotatable bonds is 4. The van der Waals surface area contributed by atoms with Crippen LogP contribution < -0.4 is 0 Å². The number of nitrogens with zero attached hydrogens (tertiary/aromatic N) is 2. The van der Waals surface area contributed by atoms with Crippen LogP contribution >= 0.6 is 0 Å². The number of carbonyl (C=O) groups is 1. The molecule has 0 unspecified atom stereocenters. The SMILES string of the molecule is CCN(Cc1cccc(F)c1)C(=O)c1cc(C)nc2ccccc12. The molecular weight excluding hydrogens is 303 g/mol. The molecule has 1 heterocycles. The lowest BCUT2D eigenvalue weighted by atomic mass is 10.1. The number of pyridine rings is 1. The molecule has 0 radical (unpaired) electrons. The maximum atomic E-state index is 13.4. The zero-order valence-corrected chi connectivity index (χ0v) is 13.8. The summed E-state index contributed by atoms with van der Waals surface area (Å²) in [6.07, 6.45) is 0. The van der Waals surface area contributed by atoms with Crippen molar-refractivity contribution in [3.8, 4) is 0 Å². The van der Waals surface area contributed by atoms with Gasteiger partial charge in [0, 0.05) is 24.2 Å². The summed E-state index contributed by atoms with van der Waals surface area (Å²) in [4.78, 5) is 19.2. The fourth-order valence-corrected chi connectivity index (χ4v) is 2.84. The third-order valence-corrected chi connectivity index (χ3v) is 4.01. The summed E-state index contributed by atoms with van der Waals surface area (Å²) in [5, 5.41) is 0.839. The number of para-hydroxylation sites is 1. The zero-order chi connectivity index (χ0) is 17.1. The molecule has 0 bridgehead atoms. The van der Waals surface area contributed by atoms with Crippen molar-refractivity contribution in [3.63, 3.8) is 0 Å². The van der Waals surface area contributed by atoms with Gasteiger partial charge >= 0.3 is 0 Å². The summed E-state index contributed by atoms with van der Waals surface area (Å²) in [6.45, 7) is 4.73. The van der Waals surface area contributed by atoms with Gasteiger partial charge in [-0.3, -0.25) is 9.78 Å². The van der Waals surface area contributed by atoms with Gasteiger partial charge in [0.15, 0.2) is 0 Å². The normalized spacial score (nSPS) is 10.8. The Hall–Kier alpha value is -2.75. The van der Waals surface area contributed by atoms with Gasteiger partial charge in [-0.1, -0.05) is 30.3 Å². The second-order valence-electron chi connectivity index (χ2n) is 5.78. The first-order valence-corrected chi connectivity index (χ1v) is 7.98. The van der Waals surface area contributed by atoms with Crippen LogP contribution in [0.3, 0.4) is 0 Å². The molecule has 0 fully saturated rings. The Morgan fingerprint density at radius 2 is 1.92 bits per heavy atom. The van der Waals surface area contributed by atoms with E-state index >= 15 is 0 Å². The lowest BCUT2D eigenvalue weighted by Gasteiger charge is -2.22. The van der Waals surface area contributed by atoms with Crippen molar-refractivity contribution in [2.24, 2.45) is 0 Å². The largest absolute Gasteiger partial charge is 0.335 e. The van der Waals surface area contributed by atoms with Crippen LogP contribution in [0.25, 0.3) is 10.9 Å². The first kappa shape index (κ1) is 16.1. The number of fused-ring (bicyclic) bond motifs is 1. The van der Waals surface area contributed by atoms with Crippen LogP contribution in [0.4, 0.5) is 4.39 Å². The highest BCUT2D eigenvalue weighted by Crippen LogP contribution is 2.21. The Bertz CT molecular complexity index is 892. The van der Waals surface area contributed by atoms with Crippen LogP contribution in [-0.4, -0.2) is 22.3 Å². The van der Waals surface area contributed by atoms with E-state index in [0.29, 0.717) is 18.7 Å². The third kappa shape index (κ3) is 3.27. The molecule has 3 aromatic rings. The van der Waals surface area contributed by atoms with E-state index in [0.717, 1.165) is 22.2 Å². The summed E-state index contributed by atoms with van der Waals surface area (Å²) in [5.41, 5.74) is 3.03. The van der Waals surface area contributed by atoms with Gasteiger partial charge in [-0.25, -0.2) is 4.39 Å². The van der Waals surface area contributed by atoms with Gasteiger partial charge in [-0.05, 0) is 43.7 Å². The minimum absolute atomic E-state index is 0.0662. The van der Waals surface area contributed by atoms with Gasteiger partial charge in [-0.15, -0.1) is 0 Å². The van der Waals surface area contributed by atoms with E-state index in [4.69, 9.17) is 0 Å². The molecule has 0 aliphatic rings. The second-order valence-corrected chi connectivity index (χ2v) is 5.78. The first-order valence-electron chi connectivity index (χ1n) is 7.98. The molecule has 4 heteroatoms. The van der Waals surface area contributed by atoms with Crippen molar-refractivity contribution in [1.82, 2.24) is 9.88 Å². The lowest BCUT2D eigenvalue weighted by molar-refractivity contribution is 0.0754. The van der Waals surface area contributed by atoms with Gasteiger partial charge in [0.1, 0.15) is 5.82 Å². The van der Waals surface area contributed by atoms with E-state index in [-0.39, 0.29) is 11.7 Å². The highest BCUT2D eigenvalue weighted by Gasteiger charge is 2.18. The second kappa shape index (κ2) is 6.79. The molecule has 122 valence electrons. The highest BCUT2D eigenvalue weighted by atomic mass is 19.1. The van der Waals surface area contributed by atoms with Crippen LogP contribution in [0.5, 0.6) is 0 Å². The molecule has 0 spiro atoms. The molecule has 1 amide bonds. The molecular formula is C20H19FN2O. The molecule has 24 heavy (non-hydrogen) atoms. The van der Waals surface area contributed by atoms with Gasteiger partial charge < -0.3 is 4.90 Å². The Labute approximate surface area is 140 Å².